The fourth-order valence-electron chi connectivity index (χ4n) is 1.67. The van der Waals surface area contributed by atoms with E-state index in [1.807, 2.05) is 25.1 Å². The van der Waals surface area contributed by atoms with E-state index >= 15 is 0 Å². The second-order valence-corrected chi connectivity index (χ2v) is 5.20. The van der Waals surface area contributed by atoms with E-state index in [1.54, 1.807) is 18.3 Å². The Hall–Kier alpha value is -1.19. The molecule has 0 atom stereocenters. The first-order valence-electron chi connectivity index (χ1n) is 5.47. The molecule has 0 aliphatic carbocycles. The fraction of sp³-hybridized carbons (Fsp3) is 0.143. The van der Waals surface area contributed by atoms with Gasteiger partial charge >= 0.3 is 0 Å². The number of halogens is 2. The number of hydrogen-bond acceptors (Lipinski definition) is 2. The van der Waals surface area contributed by atoms with Gasteiger partial charge in [0.2, 0.25) is 0 Å². The summed E-state index contributed by atoms with van der Waals surface area (Å²) in [5.74, 6) is -0.0249. The van der Waals surface area contributed by atoms with Crippen LogP contribution in [-0.2, 0) is 6.42 Å². The highest BCUT2D eigenvalue weighted by molar-refractivity contribution is 9.10. The Labute approximate surface area is 119 Å². The fourth-order valence-corrected chi connectivity index (χ4v) is 2.27. The Kier molecular flexibility index (Phi) is 4.15. The molecule has 0 fully saturated rings. The number of carbonyl (C=O) groups is 1. The van der Waals surface area contributed by atoms with E-state index in [0.29, 0.717) is 10.6 Å². The molecule has 0 unspecified atom stereocenters. The van der Waals surface area contributed by atoms with E-state index in [0.717, 1.165) is 15.7 Å². The van der Waals surface area contributed by atoms with Crippen molar-refractivity contribution >= 4 is 33.3 Å². The molecular weight excluding hydrogens is 314 g/mol. The number of hydrogen-bond donors (Lipinski definition) is 0. The summed E-state index contributed by atoms with van der Waals surface area (Å²) < 4.78 is 0.729. The van der Waals surface area contributed by atoms with Crippen LogP contribution < -0.4 is 0 Å². The van der Waals surface area contributed by atoms with Crippen LogP contribution in [0.15, 0.2) is 41.0 Å². The molecular formula is C14H11BrClNO. The van der Waals surface area contributed by atoms with Crippen LogP contribution >= 0.6 is 27.5 Å². The third kappa shape index (κ3) is 2.79. The number of carbonyl (C=O) groups excluding carboxylic acids is 1. The third-order valence-corrected chi connectivity index (χ3v) is 3.99. The van der Waals surface area contributed by atoms with Gasteiger partial charge in [0.25, 0.3) is 0 Å². The van der Waals surface area contributed by atoms with Crippen molar-refractivity contribution in [3.8, 4) is 0 Å². The zero-order valence-electron chi connectivity index (χ0n) is 9.78. The summed E-state index contributed by atoms with van der Waals surface area (Å²) in [5.41, 5.74) is 2.33. The normalized spacial score (nSPS) is 10.4. The van der Waals surface area contributed by atoms with Crippen molar-refractivity contribution < 1.29 is 4.79 Å². The monoisotopic (exact) mass is 323 g/mol. The van der Waals surface area contributed by atoms with Gasteiger partial charge in [-0.3, -0.25) is 9.78 Å². The standard InChI is InChI=1S/C14H11BrClNO/c1-9-4-3-7-17-12(9)8-13(18)10-5-2-6-11(15)14(10)16/h2-7H,8H2,1H3. The van der Waals surface area contributed by atoms with E-state index < -0.39 is 0 Å². The van der Waals surface area contributed by atoms with E-state index in [9.17, 15) is 4.79 Å². The van der Waals surface area contributed by atoms with Crippen molar-refractivity contribution in [3.05, 3.63) is 62.8 Å². The van der Waals surface area contributed by atoms with Crippen molar-refractivity contribution in [1.82, 2.24) is 4.98 Å². The minimum Gasteiger partial charge on any atom is -0.294 e. The van der Waals surface area contributed by atoms with E-state index in [1.165, 1.54) is 0 Å². The highest BCUT2D eigenvalue weighted by Crippen LogP contribution is 2.27. The summed E-state index contributed by atoms with van der Waals surface area (Å²) in [4.78, 5) is 16.4. The predicted molar refractivity (Wildman–Crippen MR) is 76.2 cm³/mol. The summed E-state index contributed by atoms with van der Waals surface area (Å²) in [6, 6.07) is 9.14. The molecule has 0 aliphatic heterocycles. The van der Waals surface area contributed by atoms with Crippen LogP contribution in [0.3, 0.4) is 0 Å². The van der Waals surface area contributed by atoms with Gasteiger partial charge < -0.3 is 0 Å². The predicted octanol–water partition coefficient (Wildman–Crippen LogP) is 4.23. The van der Waals surface area contributed by atoms with Gasteiger partial charge in [-0.25, -0.2) is 0 Å². The molecule has 2 rings (SSSR count). The smallest absolute Gasteiger partial charge is 0.170 e. The summed E-state index contributed by atoms with van der Waals surface area (Å²) in [6.07, 6.45) is 1.96. The lowest BCUT2D eigenvalue weighted by Gasteiger charge is -2.06. The Morgan fingerprint density at radius 3 is 2.83 bits per heavy atom. The first kappa shape index (κ1) is 13.2. The van der Waals surface area contributed by atoms with Crippen LogP contribution in [0.4, 0.5) is 0 Å². The summed E-state index contributed by atoms with van der Waals surface area (Å²) in [7, 11) is 0. The quantitative estimate of drug-likeness (QED) is 0.791. The number of benzene rings is 1. The first-order valence-corrected chi connectivity index (χ1v) is 6.64. The van der Waals surface area contributed by atoms with Gasteiger partial charge in [0.05, 0.1) is 17.1 Å². The average molecular weight is 325 g/mol. The zero-order valence-corrected chi connectivity index (χ0v) is 12.1. The van der Waals surface area contributed by atoms with Crippen molar-refractivity contribution in [3.63, 3.8) is 0 Å². The van der Waals surface area contributed by atoms with E-state index in [4.69, 9.17) is 11.6 Å². The Bertz CT molecular complexity index is 598. The molecule has 1 aromatic heterocycles. The van der Waals surface area contributed by atoms with Crippen LogP contribution in [-0.4, -0.2) is 10.8 Å². The maximum absolute atomic E-state index is 12.2. The van der Waals surface area contributed by atoms with Crippen molar-refractivity contribution in [2.75, 3.05) is 0 Å². The molecule has 0 bridgehead atoms. The molecule has 4 heteroatoms. The maximum Gasteiger partial charge on any atom is 0.170 e. The molecule has 0 amide bonds. The van der Waals surface area contributed by atoms with Gasteiger partial charge in [0.15, 0.2) is 5.78 Å². The van der Waals surface area contributed by atoms with Gasteiger partial charge in [0, 0.05) is 16.2 Å². The van der Waals surface area contributed by atoms with Crippen molar-refractivity contribution in [2.45, 2.75) is 13.3 Å². The van der Waals surface area contributed by atoms with Crippen LogP contribution in [0.2, 0.25) is 5.02 Å². The second-order valence-electron chi connectivity index (χ2n) is 3.97. The molecule has 0 N–H and O–H groups in total. The SMILES string of the molecule is Cc1cccnc1CC(=O)c1cccc(Br)c1Cl. The summed E-state index contributed by atoms with van der Waals surface area (Å²) >= 11 is 9.42. The first-order chi connectivity index (χ1) is 8.59. The lowest BCUT2D eigenvalue weighted by Crippen LogP contribution is -2.07. The van der Waals surface area contributed by atoms with Crippen LogP contribution in [0.5, 0.6) is 0 Å². The number of aromatic nitrogens is 1. The Morgan fingerprint density at radius 2 is 2.11 bits per heavy atom. The molecule has 0 spiro atoms. The zero-order chi connectivity index (χ0) is 13.1. The lowest BCUT2D eigenvalue weighted by molar-refractivity contribution is 0.0992. The number of Topliss-reactive ketones (excluding diaryl/α,β-unsaturated/α-hetero) is 1. The molecule has 2 nitrogen and oxygen atoms in total. The second kappa shape index (κ2) is 5.63. The number of ketones is 1. The molecule has 1 heterocycles. The average Bonchev–Trinajstić information content (AvgIpc) is 2.35. The third-order valence-electron chi connectivity index (χ3n) is 2.70. The number of pyridine rings is 1. The van der Waals surface area contributed by atoms with Gasteiger partial charge in [0.1, 0.15) is 0 Å². The number of aryl methyl sites for hydroxylation is 1. The van der Waals surface area contributed by atoms with Crippen molar-refractivity contribution in [1.29, 1.82) is 0 Å². The molecule has 0 radical (unpaired) electrons. The van der Waals surface area contributed by atoms with Crippen LogP contribution in [0, 0.1) is 6.92 Å². The minimum atomic E-state index is -0.0249. The van der Waals surface area contributed by atoms with Gasteiger partial charge in [-0.05, 0) is 46.6 Å². The highest BCUT2D eigenvalue weighted by Gasteiger charge is 2.14. The number of nitrogens with zero attached hydrogens (tertiary/aromatic N) is 1. The van der Waals surface area contributed by atoms with E-state index in [-0.39, 0.29) is 12.2 Å². The largest absolute Gasteiger partial charge is 0.294 e. The summed E-state index contributed by atoms with van der Waals surface area (Å²) in [6.45, 7) is 1.94. The van der Waals surface area contributed by atoms with E-state index in [2.05, 4.69) is 20.9 Å². The van der Waals surface area contributed by atoms with Crippen molar-refractivity contribution in [2.24, 2.45) is 0 Å². The Morgan fingerprint density at radius 1 is 1.33 bits per heavy atom. The topological polar surface area (TPSA) is 30.0 Å². The van der Waals surface area contributed by atoms with Crippen LogP contribution in [0.25, 0.3) is 0 Å². The molecule has 18 heavy (non-hydrogen) atoms. The van der Waals surface area contributed by atoms with Gasteiger partial charge in [-0.15, -0.1) is 0 Å². The maximum atomic E-state index is 12.2. The molecule has 0 aliphatic rings. The minimum absolute atomic E-state index is 0.0249. The summed E-state index contributed by atoms with van der Waals surface area (Å²) in [5, 5.41) is 0.455. The highest BCUT2D eigenvalue weighted by atomic mass is 79.9. The number of rotatable bonds is 3. The molecule has 1 aromatic carbocycles. The van der Waals surface area contributed by atoms with Gasteiger partial charge in [-0.1, -0.05) is 23.7 Å². The van der Waals surface area contributed by atoms with Crippen LogP contribution in [0.1, 0.15) is 21.6 Å². The molecule has 2 aromatic rings. The molecule has 0 saturated heterocycles. The van der Waals surface area contributed by atoms with Gasteiger partial charge in [-0.2, -0.15) is 0 Å². The lowest BCUT2D eigenvalue weighted by atomic mass is 10.0. The molecule has 0 saturated carbocycles. The molecule has 92 valence electrons. The Balaban J connectivity index is 2.28.